The molecule has 46 heavy (non-hydrogen) atoms. The molecule has 274 valence electrons. The molecule has 0 aromatic rings. The van der Waals surface area contributed by atoms with Crippen LogP contribution in [0.2, 0.25) is 0 Å². The maximum absolute atomic E-state index is 13.4. The van der Waals surface area contributed by atoms with E-state index in [2.05, 4.69) is 60.4 Å². The van der Waals surface area contributed by atoms with Crippen LogP contribution in [-0.4, -0.2) is 49.7 Å². The Hall–Kier alpha value is -1.10. The van der Waals surface area contributed by atoms with Gasteiger partial charge in [-0.2, -0.15) is 0 Å². The molecule has 5 heteroatoms. The predicted molar refractivity (Wildman–Crippen MR) is 198 cm³/mol. The summed E-state index contributed by atoms with van der Waals surface area (Å²) in [4.78, 5) is 28.1. The fourth-order valence-corrected chi connectivity index (χ4v) is 6.28. The minimum absolute atomic E-state index is 0.00750. The van der Waals surface area contributed by atoms with E-state index in [4.69, 9.17) is 9.47 Å². The van der Waals surface area contributed by atoms with Crippen molar-refractivity contribution in [3.8, 4) is 0 Å². The predicted octanol–water partition coefficient (Wildman–Crippen LogP) is 12.1. The van der Waals surface area contributed by atoms with E-state index in [1.807, 2.05) is 0 Å². The first-order chi connectivity index (χ1) is 22.1. The summed E-state index contributed by atoms with van der Waals surface area (Å²) >= 11 is 0. The quantitative estimate of drug-likeness (QED) is 0.0522. The number of hydrogen-bond donors (Lipinski definition) is 0. The smallest absolute Gasteiger partial charge is 0.312 e. The molecule has 0 saturated carbocycles. The van der Waals surface area contributed by atoms with Crippen molar-refractivity contribution in [2.75, 3.05) is 26.7 Å². The molecule has 0 heterocycles. The van der Waals surface area contributed by atoms with Gasteiger partial charge in [-0.3, -0.25) is 9.59 Å². The lowest BCUT2D eigenvalue weighted by Crippen LogP contribution is -2.40. The normalized spacial score (nSPS) is 13.9. The first kappa shape index (κ1) is 44.9. The Morgan fingerprint density at radius 1 is 0.630 bits per heavy atom. The lowest BCUT2D eigenvalue weighted by Gasteiger charge is -2.33. The van der Waals surface area contributed by atoms with Gasteiger partial charge in [-0.25, -0.2) is 0 Å². The summed E-state index contributed by atoms with van der Waals surface area (Å²) < 4.78 is 11.9. The number of hydrogen-bond acceptors (Lipinski definition) is 5. The Kier molecular flexibility index (Phi) is 29.3. The van der Waals surface area contributed by atoms with Crippen molar-refractivity contribution < 1.29 is 19.1 Å². The van der Waals surface area contributed by atoms with Crippen LogP contribution in [0, 0.1) is 17.3 Å². The molecule has 0 amide bonds. The summed E-state index contributed by atoms with van der Waals surface area (Å²) in [7, 11) is 2.12. The minimum atomic E-state index is -0.490. The summed E-state index contributed by atoms with van der Waals surface area (Å²) in [6.07, 6.45) is 28.1. The van der Waals surface area contributed by atoms with Crippen LogP contribution in [0.15, 0.2) is 0 Å². The van der Waals surface area contributed by atoms with E-state index < -0.39 is 5.41 Å². The number of nitrogens with zero attached hydrogens (tertiary/aromatic N) is 1. The van der Waals surface area contributed by atoms with Crippen molar-refractivity contribution in [3.05, 3.63) is 0 Å². The topological polar surface area (TPSA) is 55.8 Å². The van der Waals surface area contributed by atoms with Gasteiger partial charge < -0.3 is 14.4 Å². The SMILES string of the molecule is CCCCCCCCCC(CCCCCCCCOC(=O)CC(CCCC)CCCCCC)OC(=O)C(C)(C)C(C)CN(C)CC. The van der Waals surface area contributed by atoms with Gasteiger partial charge in [-0.05, 0) is 84.2 Å². The lowest BCUT2D eigenvalue weighted by atomic mass is 9.79. The number of rotatable bonds is 33. The van der Waals surface area contributed by atoms with Gasteiger partial charge in [0.05, 0.1) is 12.0 Å². The van der Waals surface area contributed by atoms with Crippen molar-refractivity contribution in [2.24, 2.45) is 17.3 Å². The van der Waals surface area contributed by atoms with Crippen LogP contribution in [0.5, 0.6) is 0 Å². The van der Waals surface area contributed by atoms with Crippen LogP contribution < -0.4 is 0 Å². The van der Waals surface area contributed by atoms with Crippen molar-refractivity contribution in [3.63, 3.8) is 0 Å². The van der Waals surface area contributed by atoms with Crippen LogP contribution in [0.1, 0.15) is 203 Å². The number of carbonyl (C=O) groups excluding carboxylic acids is 2. The summed E-state index contributed by atoms with van der Waals surface area (Å²) in [5.74, 6) is 0.713. The standard InChI is InChI=1S/C41H81NO4/c1-9-13-16-18-19-22-26-31-38(46-40(44)41(6,7)36(5)35-42(8)12-4)32-27-23-20-21-24-28-33-45-39(43)34-37(29-15-11-3)30-25-17-14-10-2/h36-38H,9-35H2,1-8H3. The Morgan fingerprint density at radius 2 is 1.09 bits per heavy atom. The molecule has 3 atom stereocenters. The number of ether oxygens (including phenoxy) is 2. The molecule has 0 aliphatic heterocycles. The van der Waals surface area contributed by atoms with Gasteiger partial charge in [0.2, 0.25) is 0 Å². The van der Waals surface area contributed by atoms with Crippen molar-refractivity contribution in [1.82, 2.24) is 4.90 Å². The first-order valence-corrected chi connectivity index (χ1v) is 20.2. The molecule has 0 saturated heterocycles. The molecule has 0 aliphatic rings. The number of carbonyl (C=O) groups is 2. The molecule has 0 fully saturated rings. The first-order valence-electron chi connectivity index (χ1n) is 20.2. The van der Waals surface area contributed by atoms with Crippen molar-refractivity contribution in [2.45, 2.75) is 209 Å². The molecular weight excluding hydrogens is 570 g/mol. The second-order valence-corrected chi connectivity index (χ2v) is 15.1. The zero-order chi connectivity index (χ0) is 34.5. The van der Waals surface area contributed by atoms with Gasteiger partial charge in [0.25, 0.3) is 0 Å². The molecule has 3 unspecified atom stereocenters. The Morgan fingerprint density at radius 3 is 1.63 bits per heavy atom. The third kappa shape index (κ3) is 24.1. The van der Waals surface area contributed by atoms with Gasteiger partial charge in [0, 0.05) is 13.0 Å². The maximum atomic E-state index is 13.4. The van der Waals surface area contributed by atoms with Crippen LogP contribution in [-0.2, 0) is 19.1 Å². The fourth-order valence-electron chi connectivity index (χ4n) is 6.28. The number of unbranched alkanes of at least 4 members (excludes halogenated alkanes) is 15. The molecule has 0 bridgehead atoms. The maximum Gasteiger partial charge on any atom is 0.312 e. The second-order valence-electron chi connectivity index (χ2n) is 15.1. The monoisotopic (exact) mass is 652 g/mol. The third-order valence-corrected chi connectivity index (χ3v) is 10.4. The van der Waals surface area contributed by atoms with E-state index in [9.17, 15) is 9.59 Å². The molecule has 0 rings (SSSR count). The number of esters is 2. The van der Waals surface area contributed by atoms with E-state index in [1.54, 1.807) is 0 Å². The molecule has 0 N–H and O–H groups in total. The van der Waals surface area contributed by atoms with E-state index in [0.717, 1.165) is 58.0 Å². The van der Waals surface area contributed by atoms with Gasteiger partial charge in [0.1, 0.15) is 6.10 Å². The van der Waals surface area contributed by atoms with Crippen LogP contribution >= 0.6 is 0 Å². The van der Waals surface area contributed by atoms with Gasteiger partial charge in [0.15, 0.2) is 0 Å². The van der Waals surface area contributed by atoms with Gasteiger partial charge >= 0.3 is 11.9 Å². The molecule has 0 aromatic heterocycles. The van der Waals surface area contributed by atoms with E-state index in [1.165, 1.54) is 103 Å². The molecule has 0 spiro atoms. The Labute approximate surface area is 288 Å². The highest BCUT2D eigenvalue weighted by atomic mass is 16.5. The molecular formula is C41H81NO4. The fraction of sp³-hybridized carbons (Fsp3) is 0.951. The summed E-state index contributed by atoms with van der Waals surface area (Å²) in [6.45, 7) is 17.7. The third-order valence-electron chi connectivity index (χ3n) is 10.4. The Bertz CT molecular complexity index is 709. The second kappa shape index (κ2) is 30.0. The lowest BCUT2D eigenvalue weighted by molar-refractivity contribution is -0.163. The zero-order valence-electron chi connectivity index (χ0n) is 32.4. The molecule has 0 aromatic carbocycles. The minimum Gasteiger partial charge on any atom is -0.466 e. The average molecular weight is 652 g/mol. The average Bonchev–Trinajstić information content (AvgIpc) is 3.03. The van der Waals surface area contributed by atoms with Crippen molar-refractivity contribution in [1.29, 1.82) is 0 Å². The summed E-state index contributed by atoms with van der Waals surface area (Å²) in [5.41, 5.74) is -0.490. The highest BCUT2D eigenvalue weighted by molar-refractivity contribution is 5.76. The highest BCUT2D eigenvalue weighted by Gasteiger charge is 2.37. The Balaban J connectivity index is 4.48. The van der Waals surface area contributed by atoms with Gasteiger partial charge in [-0.15, -0.1) is 0 Å². The highest BCUT2D eigenvalue weighted by Crippen LogP contribution is 2.31. The molecule has 5 nitrogen and oxygen atoms in total. The van der Waals surface area contributed by atoms with E-state index in [-0.39, 0.29) is 24.0 Å². The van der Waals surface area contributed by atoms with E-state index in [0.29, 0.717) is 18.9 Å². The van der Waals surface area contributed by atoms with E-state index >= 15 is 0 Å². The van der Waals surface area contributed by atoms with Crippen LogP contribution in [0.25, 0.3) is 0 Å². The van der Waals surface area contributed by atoms with Crippen LogP contribution in [0.3, 0.4) is 0 Å². The largest absolute Gasteiger partial charge is 0.466 e. The van der Waals surface area contributed by atoms with Crippen molar-refractivity contribution >= 4 is 11.9 Å². The molecule has 0 radical (unpaired) electrons. The molecule has 0 aliphatic carbocycles. The summed E-state index contributed by atoms with van der Waals surface area (Å²) in [6, 6.07) is 0. The van der Waals surface area contributed by atoms with Gasteiger partial charge in [-0.1, -0.05) is 137 Å². The summed E-state index contributed by atoms with van der Waals surface area (Å²) in [5, 5.41) is 0. The zero-order valence-corrected chi connectivity index (χ0v) is 32.4. The van der Waals surface area contributed by atoms with Crippen LogP contribution in [0.4, 0.5) is 0 Å².